The van der Waals surface area contributed by atoms with Crippen LogP contribution in [0, 0.1) is 41.5 Å². The summed E-state index contributed by atoms with van der Waals surface area (Å²) in [5.74, 6) is 0. The Balaban J connectivity index is 2.07. The molecule has 0 radical (unpaired) electrons. The van der Waals surface area contributed by atoms with Crippen LogP contribution in [0.15, 0.2) is 56.1 Å². The predicted molar refractivity (Wildman–Crippen MR) is 121 cm³/mol. The van der Waals surface area contributed by atoms with Gasteiger partial charge in [0, 0.05) is 0 Å². The van der Waals surface area contributed by atoms with E-state index >= 15 is 0 Å². The standard InChI is InChI=1S/C24H25N4.Sb/c1-14-10-16(3)22(17(4)11-14)20-8-7-9-21(24(20)26-28-27-25)23-18(5)12-15(2)13-19(23)6;/h7-13H,1-6H3;/q-1;+1. The summed E-state index contributed by atoms with van der Waals surface area (Å²) in [5.41, 5.74) is 13.9. The van der Waals surface area contributed by atoms with E-state index in [1.807, 2.05) is 0 Å². The number of aryl methyl sites for hydroxylation is 6. The molecule has 0 aliphatic carbocycles. The second kappa shape index (κ2) is 7.83. The Morgan fingerprint density at radius 3 is 1.52 bits per heavy atom. The molecule has 0 aromatic heterocycles. The molecule has 0 saturated carbocycles. The molecular weight excluding hydrogens is 466 g/mol. The number of hydrogen-bond acceptors (Lipinski definition) is 4. The summed E-state index contributed by atoms with van der Waals surface area (Å²) in [6.07, 6.45) is 0. The number of nitrogens with zero attached hydrogens (tertiary/aromatic N) is 4. The van der Waals surface area contributed by atoms with Crippen molar-refractivity contribution in [2.24, 2.45) is 13.6 Å². The molecule has 5 heteroatoms. The minimum absolute atomic E-state index is 1.04. The van der Waals surface area contributed by atoms with Crippen LogP contribution in [0.5, 0.6) is 0 Å². The first-order chi connectivity index (χ1) is 13.9. The van der Waals surface area contributed by atoms with Gasteiger partial charge in [-0.05, 0) is 0 Å². The van der Waals surface area contributed by atoms with E-state index in [0.717, 1.165) is 5.69 Å². The van der Waals surface area contributed by atoms with Crippen molar-refractivity contribution < 1.29 is 0 Å². The van der Waals surface area contributed by atoms with Crippen LogP contribution in [0.25, 0.3) is 22.3 Å². The van der Waals surface area contributed by atoms with Crippen molar-refractivity contribution >= 4 is 27.4 Å². The first-order valence-corrected chi connectivity index (χ1v) is 12.1. The van der Waals surface area contributed by atoms with Crippen LogP contribution in [0.2, 0.25) is 0 Å². The summed E-state index contributed by atoms with van der Waals surface area (Å²) in [7, 11) is 0. The Hall–Kier alpha value is -2.32. The maximum absolute atomic E-state index is 4.39. The summed E-state index contributed by atoms with van der Waals surface area (Å²) in [6, 6.07) is 15.6. The number of hydrogen-bond donors (Lipinski definition) is 0. The molecular formula is C24H25N4Sb. The quantitative estimate of drug-likeness (QED) is 0.373. The molecule has 0 N–H and O–H groups in total. The van der Waals surface area contributed by atoms with E-state index in [1.54, 1.807) is 0 Å². The second-order valence-corrected chi connectivity index (χ2v) is 10.00. The molecule has 4 rings (SSSR count). The first-order valence-electron chi connectivity index (χ1n) is 9.78. The summed E-state index contributed by atoms with van der Waals surface area (Å²) >= 11 is -1.04. The Bertz CT molecular complexity index is 1040. The van der Waals surface area contributed by atoms with Gasteiger partial charge in [0.1, 0.15) is 0 Å². The third-order valence-electron chi connectivity index (χ3n) is 5.42. The molecule has 4 nitrogen and oxygen atoms in total. The van der Waals surface area contributed by atoms with Crippen LogP contribution in [0.4, 0.5) is 5.69 Å². The Morgan fingerprint density at radius 1 is 0.690 bits per heavy atom. The van der Waals surface area contributed by atoms with Crippen molar-refractivity contribution in [2.75, 3.05) is 3.17 Å². The molecule has 0 atom stereocenters. The molecule has 0 bridgehead atoms. The minimum atomic E-state index is -1.04. The van der Waals surface area contributed by atoms with Crippen LogP contribution in [-0.4, -0.2) is 21.7 Å². The van der Waals surface area contributed by atoms with E-state index in [0.29, 0.717) is 0 Å². The second-order valence-electron chi connectivity index (χ2n) is 7.90. The zero-order valence-corrected chi connectivity index (χ0v) is 20.3. The summed E-state index contributed by atoms with van der Waals surface area (Å²) < 4.78 is 6.33. The van der Waals surface area contributed by atoms with Gasteiger partial charge >= 0.3 is 184 Å². The topological polar surface area (TPSA) is 40.3 Å². The zero-order valence-electron chi connectivity index (χ0n) is 17.8. The molecule has 0 amide bonds. The van der Waals surface area contributed by atoms with Gasteiger partial charge in [-0.2, -0.15) is 0 Å². The number of anilines is 1. The Kier molecular flexibility index (Phi) is 5.40. The van der Waals surface area contributed by atoms with Gasteiger partial charge in [0.2, 0.25) is 0 Å². The molecule has 29 heavy (non-hydrogen) atoms. The Labute approximate surface area is 183 Å². The third-order valence-corrected chi connectivity index (χ3v) is 7.16. The molecule has 0 spiro atoms. The number of para-hydroxylation sites is 1. The van der Waals surface area contributed by atoms with Crippen molar-refractivity contribution in [1.29, 1.82) is 0 Å². The molecule has 0 saturated heterocycles. The van der Waals surface area contributed by atoms with Gasteiger partial charge in [0.15, 0.2) is 0 Å². The van der Waals surface area contributed by atoms with Gasteiger partial charge < -0.3 is 0 Å². The molecule has 0 fully saturated rings. The van der Waals surface area contributed by atoms with E-state index in [9.17, 15) is 0 Å². The monoisotopic (exact) mass is 490 g/mol. The van der Waals surface area contributed by atoms with Crippen molar-refractivity contribution in [3.8, 4) is 22.3 Å². The van der Waals surface area contributed by atoms with Crippen LogP contribution >= 0.6 is 0 Å². The zero-order chi connectivity index (χ0) is 20.7. The summed E-state index contributed by atoms with van der Waals surface area (Å²) in [6.45, 7) is 13.1. The van der Waals surface area contributed by atoms with E-state index in [-0.39, 0.29) is 0 Å². The van der Waals surface area contributed by atoms with E-state index in [2.05, 4.69) is 101 Å². The molecule has 3 aromatic carbocycles. The van der Waals surface area contributed by atoms with E-state index in [4.69, 9.17) is 0 Å². The predicted octanol–water partition coefficient (Wildman–Crippen LogP) is 6.78. The molecule has 1 aliphatic rings. The fraction of sp³-hybridized carbons (Fsp3) is 0.250. The van der Waals surface area contributed by atoms with Crippen LogP contribution in [0.3, 0.4) is 0 Å². The van der Waals surface area contributed by atoms with Gasteiger partial charge in [-0.25, -0.2) is 0 Å². The summed E-state index contributed by atoms with van der Waals surface area (Å²) in [5, 5.41) is 8.36. The van der Waals surface area contributed by atoms with Crippen LogP contribution in [0.1, 0.15) is 33.4 Å². The van der Waals surface area contributed by atoms with Crippen molar-refractivity contribution in [2.45, 2.75) is 41.5 Å². The fourth-order valence-electron chi connectivity index (χ4n) is 4.59. The molecule has 3 aromatic rings. The van der Waals surface area contributed by atoms with Gasteiger partial charge in [-0.3, -0.25) is 0 Å². The average molecular weight is 491 g/mol. The van der Waals surface area contributed by atoms with Gasteiger partial charge in [0.05, 0.1) is 0 Å². The molecule has 1 aliphatic heterocycles. The summed E-state index contributed by atoms with van der Waals surface area (Å²) in [4.78, 5) is 0. The van der Waals surface area contributed by atoms with Crippen LogP contribution < -0.4 is 3.17 Å². The van der Waals surface area contributed by atoms with Gasteiger partial charge in [-0.15, -0.1) is 0 Å². The van der Waals surface area contributed by atoms with Crippen molar-refractivity contribution in [3.63, 3.8) is 0 Å². The molecule has 0 unspecified atom stereocenters. The molecule has 146 valence electrons. The average Bonchev–Trinajstić information content (AvgIpc) is 3.14. The maximum atomic E-state index is 4.39. The van der Waals surface area contributed by atoms with E-state index in [1.165, 1.54) is 55.6 Å². The van der Waals surface area contributed by atoms with Crippen LogP contribution in [-0.2, 0) is 0 Å². The normalized spacial score (nSPS) is 12.8. The molecule has 1 heterocycles. The fourth-order valence-corrected chi connectivity index (χ4v) is 6.09. The Morgan fingerprint density at radius 2 is 1.14 bits per heavy atom. The number of rotatable bonds is 3. The SMILES string of the molecule is Cc1cc(C)c(-c2cccc(-c3c(C)cc(C)cc3C)c2[N]2N=N[N]=[Sb]2)c(C)c1. The first kappa shape index (κ1) is 20.0. The van der Waals surface area contributed by atoms with Crippen molar-refractivity contribution in [1.82, 2.24) is 0 Å². The van der Waals surface area contributed by atoms with E-state index < -0.39 is 21.7 Å². The third kappa shape index (κ3) is 3.66. The van der Waals surface area contributed by atoms with Crippen molar-refractivity contribution in [3.05, 3.63) is 75.8 Å². The van der Waals surface area contributed by atoms with Gasteiger partial charge in [-0.1, -0.05) is 0 Å². The number of benzene rings is 3. The van der Waals surface area contributed by atoms with Gasteiger partial charge in [0.25, 0.3) is 0 Å².